The Hall–Kier alpha value is -3.16. The van der Waals surface area contributed by atoms with Crippen LogP contribution in [-0.4, -0.2) is 35.7 Å². The van der Waals surface area contributed by atoms with Gasteiger partial charge in [-0.15, -0.1) is 6.58 Å². The van der Waals surface area contributed by atoms with Crippen molar-refractivity contribution in [2.75, 3.05) is 7.05 Å². The molecule has 3 atom stereocenters. The van der Waals surface area contributed by atoms with Crippen LogP contribution >= 0.6 is 9.24 Å². The molecule has 36 heavy (non-hydrogen) atoms. The minimum absolute atomic E-state index is 0.0921. The second-order valence-corrected chi connectivity index (χ2v) is 8.83. The first-order chi connectivity index (χ1) is 16.9. The van der Waals surface area contributed by atoms with E-state index in [1.807, 2.05) is 0 Å². The summed E-state index contributed by atoms with van der Waals surface area (Å²) >= 11 is 0. The fourth-order valence-electron chi connectivity index (χ4n) is 3.59. The number of H-pyrrole nitrogens is 1. The third kappa shape index (κ3) is 7.67. The fourth-order valence-corrected chi connectivity index (χ4v) is 3.84. The fraction of sp³-hybridized carbons (Fsp3) is 0.231. The maximum Gasteiger partial charge on any atom is 0.272 e. The van der Waals surface area contributed by atoms with E-state index >= 15 is 0 Å². The highest BCUT2D eigenvalue weighted by Crippen LogP contribution is 2.40. The Bertz CT molecular complexity index is 1230. The number of aromatic nitrogens is 1. The Morgan fingerprint density at radius 2 is 1.81 bits per heavy atom. The number of likely N-dealkylation sites (N-methyl/N-ethyl adjacent to an activating group) is 1. The summed E-state index contributed by atoms with van der Waals surface area (Å²) in [4.78, 5) is 13.5. The van der Waals surface area contributed by atoms with Gasteiger partial charge in [0.1, 0.15) is 29.7 Å². The molecule has 10 heteroatoms. The number of fused-ring (bicyclic) bond motifs is 1. The van der Waals surface area contributed by atoms with Crippen LogP contribution in [0.15, 0.2) is 67.4 Å². The van der Waals surface area contributed by atoms with E-state index in [1.54, 1.807) is 13.1 Å². The monoisotopic (exact) mass is 523 g/mol. The molecule has 0 fully saturated rings. The largest absolute Gasteiger partial charge is 0.361 e. The first-order valence-electron chi connectivity index (χ1n) is 10.8. The molecule has 1 heterocycles. The number of alkyl halides is 2. The predicted octanol–water partition coefficient (Wildman–Crippen LogP) is 6.30. The third-order valence-corrected chi connectivity index (χ3v) is 5.75. The van der Waals surface area contributed by atoms with Gasteiger partial charge >= 0.3 is 0 Å². The van der Waals surface area contributed by atoms with E-state index in [0.29, 0.717) is 40.6 Å². The lowest BCUT2D eigenvalue weighted by atomic mass is 9.96. The molecule has 0 spiro atoms. The lowest BCUT2D eigenvalue weighted by molar-refractivity contribution is -0.113. The highest BCUT2D eigenvalue weighted by molar-refractivity contribution is 7.18. The SMILES string of the molecule is C=CCC(=C)C(=N)C(Cc1cc(F)cc(F)c1)NC.O=CC(c1c[nH]c2ccc(F)cc12)C(F)(F)P. The van der Waals surface area contributed by atoms with Gasteiger partial charge in [0.05, 0.1) is 11.8 Å². The lowest BCUT2D eigenvalue weighted by Crippen LogP contribution is -2.36. The molecule has 0 radical (unpaired) electrons. The van der Waals surface area contributed by atoms with Gasteiger partial charge in [-0.25, -0.2) is 22.0 Å². The quantitative estimate of drug-likeness (QED) is 0.0959. The van der Waals surface area contributed by atoms with Gasteiger partial charge in [0.25, 0.3) is 5.66 Å². The molecule has 1 aromatic heterocycles. The van der Waals surface area contributed by atoms with E-state index in [0.717, 1.165) is 12.1 Å². The lowest BCUT2D eigenvalue weighted by Gasteiger charge is -2.18. The van der Waals surface area contributed by atoms with E-state index in [4.69, 9.17) is 5.41 Å². The molecule has 4 nitrogen and oxygen atoms in total. The Morgan fingerprint density at radius 1 is 1.17 bits per heavy atom. The van der Waals surface area contributed by atoms with Crippen molar-refractivity contribution in [3.63, 3.8) is 0 Å². The van der Waals surface area contributed by atoms with E-state index < -0.39 is 29.0 Å². The van der Waals surface area contributed by atoms with E-state index in [9.17, 15) is 26.7 Å². The number of hydrogen-bond donors (Lipinski definition) is 3. The number of carbonyl (C=O) groups excluding carboxylic acids is 1. The average Bonchev–Trinajstić information content (AvgIpc) is 3.19. The van der Waals surface area contributed by atoms with Gasteiger partial charge in [0.2, 0.25) is 0 Å². The summed E-state index contributed by atoms with van der Waals surface area (Å²) in [6.07, 6.45) is 4.00. The van der Waals surface area contributed by atoms with E-state index in [1.165, 1.54) is 39.7 Å². The number of nitrogens with one attached hydrogen (secondary N) is 3. The molecule has 3 rings (SSSR count). The summed E-state index contributed by atoms with van der Waals surface area (Å²) in [5, 5.41) is 11.3. The maximum absolute atomic E-state index is 13.2. The zero-order valence-electron chi connectivity index (χ0n) is 19.6. The molecule has 0 saturated carbocycles. The maximum atomic E-state index is 13.2. The normalized spacial score (nSPS) is 12.9. The molecule has 0 aliphatic rings. The van der Waals surface area contributed by atoms with Gasteiger partial charge in [-0.3, -0.25) is 0 Å². The van der Waals surface area contributed by atoms with Gasteiger partial charge < -0.3 is 20.5 Å². The van der Waals surface area contributed by atoms with E-state index in [2.05, 4.69) is 23.5 Å². The summed E-state index contributed by atoms with van der Waals surface area (Å²) in [6.45, 7) is 7.40. The van der Waals surface area contributed by atoms with Crippen molar-refractivity contribution >= 4 is 32.1 Å². The highest BCUT2D eigenvalue weighted by atomic mass is 31.0. The molecule has 192 valence electrons. The number of rotatable bonds is 10. The van der Waals surface area contributed by atoms with Crippen molar-refractivity contribution in [1.82, 2.24) is 10.3 Å². The van der Waals surface area contributed by atoms with Gasteiger partial charge in [0.15, 0.2) is 0 Å². The van der Waals surface area contributed by atoms with Crippen molar-refractivity contribution in [3.05, 3.63) is 96.0 Å². The van der Waals surface area contributed by atoms with Crippen LogP contribution in [0.25, 0.3) is 10.9 Å². The molecule has 0 amide bonds. The van der Waals surface area contributed by atoms with Crippen LogP contribution in [0, 0.1) is 22.9 Å². The van der Waals surface area contributed by atoms with Crippen LogP contribution in [0.3, 0.4) is 0 Å². The second kappa shape index (κ2) is 12.7. The average molecular weight is 523 g/mol. The Morgan fingerprint density at radius 3 is 2.33 bits per heavy atom. The molecule has 0 bridgehead atoms. The van der Waals surface area contributed by atoms with Crippen LogP contribution in [0.1, 0.15) is 23.5 Å². The number of benzene rings is 2. The first-order valence-corrected chi connectivity index (χ1v) is 11.4. The summed E-state index contributed by atoms with van der Waals surface area (Å²) in [6, 6.07) is 6.85. The smallest absolute Gasteiger partial charge is 0.272 e. The number of aromatic amines is 1. The Balaban J connectivity index is 0.000000255. The van der Waals surface area contributed by atoms with Crippen LogP contribution in [0.2, 0.25) is 0 Å². The second-order valence-electron chi connectivity index (χ2n) is 8.06. The zero-order chi connectivity index (χ0) is 27.0. The molecular weight excluding hydrogens is 496 g/mol. The predicted molar refractivity (Wildman–Crippen MR) is 136 cm³/mol. The molecule has 3 N–H and O–H groups in total. The highest BCUT2D eigenvalue weighted by Gasteiger charge is 2.36. The van der Waals surface area contributed by atoms with Crippen molar-refractivity contribution in [2.24, 2.45) is 0 Å². The first kappa shape index (κ1) is 29.1. The summed E-state index contributed by atoms with van der Waals surface area (Å²) in [5.74, 6) is -3.36. The third-order valence-electron chi connectivity index (χ3n) is 5.39. The van der Waals surface area contributed by atoms with Crippen LogP contribution in [0.4, 0.5) is 22.0 Å². The van der Waals surface area contributed by atoms with Gasteiger partial charge in [-0.2, -0.15) is 0 Å². The standard InChI is InChI=1S/C15H18F2N2.C11H9F3NOP/c1-4-5-10(2)15(18)14(19-3)8-11-6-12(16)9-13(17)7-11;12-6-1-2-10-7(3-6)8(4-15-10)9(5-16)11(13,14)17/h4,6-7,9,14,18-19H,1-2,5,8H2,3H3;1-5,9,15H,17H2. The minimum Gasteiger partial charge on any atom is -0.361 e. The van der Waals surface area contributed by atoms with Gasteiger partial charge in [-0.05, 0) is 66.9 Å². The molecule has 0 aliphatic carbocycles. The van der Waals surface area contributed by atoms with E-state index in [-0.39, 0.29) is 17.9 Å². The Kier molecular flexibility index (Phi) is 10.3. The number of hydrogen-bond acceptors (Lipinski definition) is 3. The van der Waals surface area contributed by atoms with Crippen molar-refractivity contribution in [3.8, 4) is 0 Å². The molecule has 3 aromatic rings. The molecule has 0 aliphatic heterocycles. The van der Waals surface area contributed by atoms with Crippen LogP contribution in [-0.2, 0) is 11.2 Å². The van der Waals surface area contributed by atoms with Crippen LogP contribution in [0.5, 0.6) is 0 Å². The number of carbonyl (C=O) groups is 1. The van der Waals surface area contributed by atoms with Crippen molar-refractivity contribution in [2.45, 2.75) is 30.5 Å². The van der Waals surface area contributed by atoms with Crippen LogP contribution < -0.4 is 5.32 Å². The topological polar surface area (TPSA) is 68.7 Å². The summed E-state index contributed by atoms with van der Waals surface area (Å²) < 4.78 is 65.7. The van der Waals surface area contributed by atoms with Crippen molar-refractivity contribution < 1.29 is 26.7 Å². The summed E-state index contributed by atoms with van der Waals surface area (Å²) in [5.41, 5.74) is -1.17. The number of aldehydes is 1. The van der Waals surface area contributed by atoms with Gasteiger partial charge in [-0.1, -0.05) is 21.9 Å². The molecule has 3 unspecified atom stereocenters. The summed E-state index contributed by atoms with van der Waals surface area (Å²) in [7, 11) is 3.04. The minimum atomic E-state index is -3.26. The van der Waals surface area contributed by atoms with Crippen molar-refractivity contribution in [1.29, 1.82) is 5.41 Å². The number of halogens is 5. The number of allylic oxidation sites excluding steroid dienone is 1. The molecule has 0 saturated heterocycles. The zero-order valence-corrected chi connectivity index (χ0v) is 20.7. The van der Waals surface area contributed by atoms with Gasteiger partial charge in [0, 0.05) is 23.2 Å². The molecular formula is C26H27F5N3OP. The Labute approximate surface area is 208 Å². The molecule has 2 aromatic carbocycles.